The molecule has 1 radical (unpaired) electrons. The zero-order valence-corrected chi connectivity index (χ0v) is 10.5. The summed E-state index contributed by atoms with van der Waals surface area (Å²) in [5.74, 6) is 0. The number of rotatable bonds is 1. The standard InChI is InChI=1S/C16H9N4/c1-2-6-14-11(4-1)10-16(20-19-14)12-5-3-7-15-13(12)8-9-17-18-15/h2-10H. The highest BCUT2D eigenvalue weighted by molar-refractivity contribution is 5.94. The summed E-state index contributed by atoms with van der Waals surface area (Å²) in [5.41, 5.74) is 3.56. The van der Waals surface area contributed by atoms with Crippen molar-refractivity contribution in [3.8, 4) is 11.3 Å². The Hall–Kier alpha value is -2.88. The summed E-state index contributed by atoms with van der Waals surface area (Å²) in [6.07, 6.45) is 1.69. The zero-order valence-electron chi connectivity index (χ0n) is 10.5. The molecule has 0 N–H and O–H groups in total. The summed E-state index contributed by atoms with van der Waals surface area (Å²) < 4.78 is 0. The summed E-state index contributed by atoms with van der Waals surface area (Å²) in [5, 5.41) is 18.7. The smallest absolute Gasteiger partial charge is 0.0942 e. The maximum Gasteiger partial charge on any atom is 0.0942 e. The van der Waals surface area contributed by atoms with Crippen molar-refractivity contribution in [2.24, 2.45) is 0 Å². The minimum Gasteiger partial charge on any atom is -0.159 e. The second kappa shape index (κ2) is 4.35. The Morgan fingerprint density at radius 2 is 1.90 bits per heavy atom. The van der Waals surface area contributed by atoms with Crippen LogP contribution in [0.25, 0.3) is 33.1 Å². The van der Waals surface area contributed by atoms with Gasteiger partial charge in [0.2, 0.25) is 0 Å². The molecule has 4 nitrogen and oxygen atoms in total. The first-order chi connectivity index (χ1) is 9.92. The molecule has 4 aromatic rings. The fourth-order valence-corrected chi connectivity index (χ4v) is 2.30. The van der Waals surface area contributed by atoms with Gasteiger partial charge in [-0.3, -0.25) is 0 Å². The lowest BCUT2D eigenvalue weighted by Crippen LogP contribution is -1.91. The Kier molecular flexibility index (Phi) is 2.39. The lowest BCUT2D eigenvalue weighted by molar-refractivity contribution is 1.07. The number of aromatic nitrogens is 4. The molecule has 20 heavy (non-hydrogen) atoms. The van der Waals surface area contributed by atoms with Gasteiger partial charge in [0.15, 0.2) is 0 Å². The number of hydrogen-bond donors (Lipinski definition) is 0. The normalized spacial score (nSPS) is 11.0. The second-order valence-corrected chi connectivity index (χ2v) is 4.48. The molecule has 0 bridgehead atoms. The number of nitrogens with zero attached hydrogens (tertiary/aromatic N) is 4. The van der Waals surface area contributed by atoms with Gasteiger partial charge >= 0.3 is 0 Å². The minimum absolute atomic E-state index is 0.829. The van der Waals surface area contributed by atoms with Crippen molar-refractivity contribution in [3.05, 3.63) is 60.8 Å². The van der Waals surface area contributed by atoms with Crippen LogP contribution >= 0.6 is 0 Å². The van der Waals surface area contributed by atoms with Crippen LogP contribution < -0.4 is 0 Å². The van der Waals surface area contributed by atoms with Gasteiger partial charge in [0.25, 0.3) is 0 Å². The maximum atomic E-state index is 4.32. The van der Waals surface area contributed by atoms with Crippen molar-refractivity contribution < 1.29 is 0 Å². The Balaban J connectivity index is 2.01. The minimum atomic E-state index is 0.829. The van der Waals surface area contributed by atoms with Crippen molar-refractivity contribution in [2.45, 2.75) is 0 Å². The van der Waals surface area contributed by atoms with Gasteiger partial charge in [-0.2, -0.15) is 10.2 Å². The van der Waals surface area contributed by atoms with Gasteiger partial charge in [-0.05, 0) is 36.4 Å². The molecule has 0 atom stereocenters. The molecule has 0 saturated heterocycles. The molecule has 0 aliphatic heterocycles. The molecule has 93 valence electrons. The van der Waals surface area contributed by atoms with Crippen LogP contribution in [0.2, 0.25) is 0 Å². The number of fused-ring (bicyclic) bond motifs is 2. The molecule has 0 fully saturated rings. The predicted octanol–water partition coefficient (Wildman–Crippen LogP) is 3.04. The maximum absolute atomic E-state index is 4.32. The van der Waals surface area contributed by atoms with Crippen LogP contribution in [0.1, 0.15) is 0 Å². The van der Waals surface area contributed by atoms with Gasteiger partial charge in [0.1, 0.15) is 0 Å². The van der Waals surface area contributed by atoms with Gasteiger partial charge in [-0.1, -0.05) is 18.2 Å². The third kappa shape index (κ3) is 1.70. The molecule has 2 heterocycles. The van der Waals surface area contributed by atoms with Gasteiger partial charge in [-0.15, -0.1) is 10.2 Å². The van der Waals surface area contributed by atoms with E-state index in [0.29, 0.717) is 0 Å². The highest BCUT2D eigenvalue weighted by Gasteiger charge is 2.07. The number of hydrogen-bond acceptors (Lipinski definition) is 4. The molecule has 4 rings (SSSR count). The molecule has 2 aromatic carbocycles. The summed E-state index contributed by atoms with van der Waals surface area (Å²) in [4.78, 5) is 0. The van der Waals surface area contributed by atoms with Gasteiger partial charge in [0.05, 0.1) is 22.9 Å². The highest BCUT2D eigenvalue weighted by Crippen LogP contribution is 2.26. The first-order valence-electron chi connectivity index (χ1n) is 6.26. The van der Waals surface area contributed by atoms with E-state index in [9.17, 15) is 0 Å². The summed E-state index contributed by atoms with van der Waals surface area (Å²) >= 11 is 0. The Morgan fingerprint density at radius 3 is 2.90 bits per heavy atom. The van der Waals surface area contributed by atoms with Crippen LogP contribution in [0.5, 0.6) is 0 Å². The molecule has 4 heteroatoms. The topological polar surface area (TPSA) is 51.6 Å². The summed E-state index contributed by atoms with van der Waals surface area (Å²) in [6.45, 7) is 0. The largest absolute Gasteiger partial charge is 0.159 e. The van der Waals surface area contributed by atoms with Crippen molar-refractivity contribution in [1.82, 2.24) is 20.4 Å². The van der Waals surface area contributed by atoms with Gasteiger partial charge in [-0.25, -0.2) is 0 Å². The van der Waals surface area contributed by atoms with Crippen molar-refractivity contribution in [1.29, 1.82) is 0 Å². The molecule has 2 aromatic heterocycles. The van der Waals surface area contributed by atoms with E-state index in [-0.39, 0.29) is 0 Å². The van der Waals surface area contributed by atoms with Crippen molar-refractivity contribution in [2.75, 3.05) is 0 Å². The van der Waals surface area contributed by atoms with Crippen molar-refractivity contribution in [3.63, 3.8) is 0 Å². The van der Waals surface area contributed by atoms with Crippen LogP contribution in [0.15, 0.2) is 54.7 Å². The van der Waals surface area contributed by atoms with E-state index in [1.807, 2.05) is 48.5 Å². The van der Waals surface area contributed by atoms with Crippen LogP contribution in [0, 0.1) is 6.07 Å². The second-order valence-electron chi connectivity index (χ2n) is 4.48. The fourth-order valence-electron chi connectivity index (χ4n) is 2.30. The van der Waals surface area contributed by atoms with Crippen molar-refractivity contribution >= 4 is 21.8 Å². The molecule has 0 spiro atoms. The molecule has 0 aliphatic carbocycles. The van der Waals surface area contributed by atoms with Crippen LogP contribution in [0.3, 0.4) is 0 Å². The first-order valence-corrected chi connectivity index (χ1v) is 6.26. The quantitative estimate of drug-likeness (QED) is 0.526. The highest BCUT2D eigenvalue weighted by atomic mass is 15.1. The molecule has 0 saturated carbocycles. The average Bonchev–Trinajstić information content (AvgIpc) is 2.54. The monoisotopic (exact) mass is 257 g/mol. The summed E-state index contributed by atoms with van der Waals surface area (Å²) in [7, 11) is 0. The first kappa shape index (κ1) is 11.0. The van der Waals surface area contributed by atoms with E-state index < -0.39 is 0 Å². The fraction of sp³-hybridized carbons (Fsp3) is 0. The molecule has 0 amide bonds. The van der Waals surface area contributed by atoms with E-state index in [1.54, 1.807) is 6.20 Å². The van der Waals surface area contributed by atoms with Crippen LogP contribution in [0.4, 0.5) is 0 Å². The Morgan fingerprint density at radius 1 is 0.900 bits per heavy atom. The lowest BCUT2D eigenvalue weighted by atomic mass is 10.0. The van der Waals surface area contributed by atoms with E-state index in [4.69, 9.17) is 0 Å². The Labute approximate surface area is 115 Å². The summed E-state index contributed by atoms with van der Waals surface area (Å²) in [6, 6.07) is 18.6. The molecule has 0 unspecified atom stereocenters. The number of benzene rings is 2. The molecular formula is C16H9N4. The van der Waals surface area contributed by atoms with E-state index >= 15 is 0 Å². The predicted molar refractivity (Wildman–Crippen MR) is 76.9 cm³/mol. The Bertz CT molecular complexity index is 913. The van der Waals surface area contributed by atoms with Crippen LogP contribution in [-0.2, 0) is 0 Å². The SMILES string of the molecule is [c]1ccc2nnc(-c3cccc4nnccc34)cc2c1. The molecular weight excluding hydrogens is 248 g/mol. The third-order valence-electron chi connectivity index (χ3n) is 3.26. The third-order valence-corrected chi connectivity index (χ3v) is 3.26. The van der Waals surface area contributed by atoms with E-state index in [2.05, 4.69) is 26.5 Å². The zero-order chi connectivity index (χ0) is 13.4. The van der Waals surface area contributed by atoms with E-state index in [0.717, 1.165) is 33.1 Å². The van der Waals surface area contributed by atoms with Gasteiger partial charge < -0.3 is 0 Å². The van der Waals surface area contributed by atoms with Gasteiger partial charge in [0, 0.05) is 16.3 Å². The lowest BCUT2D eigenvalue weighted by Gasteiger charge is -2.05. The molecule has 0 aliphatic rings. The van der Waals surface area contributed by atoms with E-state index in [1.165, 1.54) is 0 Å². The average molecular weight is 257 g/mol. The van der Waals surface area contributed by atoms with Crippen LogP contribution in [-0.4, -0.2) is 20.4 Å².